The van der Waals surface area contributed by atoms with Crippen molar-refractivity contribution < 1.29 is 0 Å². The third kappa shape index (κ3) is 2.76. The standard InChI is InChI=1S/C11H18N10/c1-8-5-20(4-3-19(8)2)10-15-9(18-12)16-11(17-10)21-7-13-6-14-21/h6-8H,3-5,12H2,1-2H3,(H,15,16,17,18). The Morgan fingerprint density at radius 1 is 1.24 bits per heavy atom. The zero-order valence-electron chi connectivity index (χ0n) is 12.0. The molecule has 10 nitrogen and oxygen atoms in total. The van der Waals surface area contributed by atoms with Gasteiger partial charge in [-0.1, -0.05) is 0 Å². The first-order valence-electron chi connectivity index (χ1n) is 6.70. The SMILES string of the molecule is CC1CN(c2nc(NN)nc(-n3cncn3)n2)CCN1C. The van der Waals surface area contributed by atoms with Crippen molar-refractivity contribution in [3.05, 3.63) is 12.7 Å². The molecule has 21 heavy (non-hydrogen) atoms. The van der Waals surface area contributed by atoms with Crippen LogP contribution in [0.25, 0.3) is 5.95 Å². The lowest BCUT2D eigenvalue weighted by atomic mass is 10.2. The summed E-state index contributed by atoms with van der Waals surface area (Å²) in [6.45, 7) is 4.83. The van der Waals surface area contributed by atoms with Gasteiger partial charge in [0.25, 0.3) is 5.95 Å². The molecule has 112 valence electrons. The molecule has 0 aromatic carbocycles. The molecule has 1 unspecified atom stereocenters. The zero-order chi connectivity index (χ0) is 14.8. The van der Waals surface area contributed by atoms with Crippen molar-refractivity contribution in [2.75, 3.05) is 37.0 Å². The van der Waals surface area contributed by atoms with Crippen molar-refractivity contribution >= 4 is 11.9 Å². The maximum Gasteiger partial charge on any atom is 0.258 e. The number of nitrogens with two attached hydrogens (primary N) is 1. The number of rotatable bonds is 3. The summed E-state index contributed by atoms with van der Waals surface area (Å²) in [6, 6.07) is 0.430. The predicted molar refractivity (Wildman–Crippen MR) is 76.9 cm³/mol. The van der Waals surface area contributed by atoms with Gasteiger partial charge in [-0.05, 0) is 14.0 Å². The average Bonchev–Trinajstić information content (AvgIpc) is 3.04. The number of likely N-dealkylation sites (N-methyl/N-ethyl adjacent to an activating group) is 1. The molecular formula is C11H18N10. The number of piperazine rings is 1. The summed E-state index contributed by atoms with van der Waals surface area (Å²) in [6.07, 6.45) is 2.96. The monoisotopic (exact) mass is 290 g/mol. The number of nitrogens with zero attached hydrogens (tertiary/aromatic N) is 8. The number of nitrogen functional groups attached to an aromatic ring is 1. The molecule has 3 N–H and O–H groups in total. The maximum atomic E-state index is 5.45. The minimum Gasteiger partial charge on any atom is -0.338 e. The second-order valence-corrected chi connectivity index (χ2v) is 5.02. The normalized spacial score (nSPS) is 19.8. The van der Waals surface area contributed by atoms with Gasteiger partial charge >= 0.3 is 0 Å². The van der Waals surface area contributed by atoms with E-state index in [1.807, 2.05) is 0 Å². The minimum atomic E-state index is 0.303. The smallest absolute Gasteiger partial charge is 0.258 e. The second-order valence-electron chi connectivity index (χ2n) is 5.02. The molecule has 3 rings (SSSR count). The molecule has 1 aliphatic rings. The molecule has 2 aromatic heterocycles. The van der Waals surface area contributed by atoms with Gasteiger partial charge < -0.3 is 9.80 Å². The van der Waals surface area contributed by atoms with Gasteiger partial charge in [-0.25, -0.2) is 10.8 Å². The molecule has 0 amide bonds. The molecular weight excluding hydrogens is 272 g/mol. The van der Waals surface area contributed by atoms with Crippen molar-refractivity contribution in [3.63, 3.8) is 0 Å². The van der Waals surface area contributed by atoms with Crippen LogP contribution >= 0.6 is 0 Å². The Morgan fingerprint density at radius 3 is 2.71 bits per heavy atom. The van der Waals surface area contributed by atoms with Gasteiger partial charge in [0, 0.05) is 25.7 Å². The second kappa shape index (κ2) is 5.58. The summed E-state index contributed by atoms with van der Waals surface area (Å²) >= 11 is 0. The van der Waals surface area contributed by atoms with E-state index < -0.39 is 0 Å². The Kier molecular flexibility index (Phi) is 3.62. The van der Waals surface area contributed by atoms with Crippen LogP contribution in [-0.4, -0.2) is 67.3 Å². The van der Waals surface area contributed by atoms with E-state index in [9.17, 15) is 0 Å². The van der Waals surface area contributed by atoms with Crippen LogP contribution in [0.2, 0.25) is 0 Å². The van der Waals surface area contributed by atoms with E-state index in [1.165, 1.54) is 17.3 Å². The van der Waals surface area contributed by atoms with Gasteiger partial charge in [-0.2, -0.15) is 24.7 Å². The van der Waals surface area contributed by atoms with E-state index >= 15 is 0 Å². The van der Waals surface area contributed by atoms with Gasteiger partial charge in [0.2, 0.25) is 11.9 Å². The van der Waals surface area contributed by atoms with Crippen LogP contribution in [0.3, 0.4) is 0 Å². The molecule has 1 aliphatic heterocycles. The summed E-state index contributed by atoms with van der Waals surface area (Å²) in [7, 11) is 2.11. The van der Waals surface area contributed by atoms with E-state index in [-0.39, 0.29) is 0 Å². The fourth-order valence-electron chi connectivity index (χ4n) is 2.20. The van der Waals surface area contributed by atoms with Crippen LogP contribution in [0.4, 0.5) is 11.9 Å². The summed E-state index contributed by atoms with van der Waals surface area (Å²) in [5, 5.41) is 4.03. The zero-order valence-corrected chi connectivity index (χ0v) is 12.0. The molecule has 1 atom stereocenters. The third-order valence-corrected chi connectivity index (χ3v) is 3.61. The van der Waals surface area contributed by atoms with Crippen LogP contribution in [0.15, 0.2) is 12.7 Å². The summed E-state index contributed by atoms with van der Waals surface area (Å²) in [4.78, 5) is 21.3. The van der Waals surface area contributed by atoms with Gasteiger partial charge in [0.15, 0.2) is 0 Å². The van der Waals surface area contributed by atoms with E-state index in [4.69, 9.17) is 5.84 Å². The van der Waals surface area contributed by atoms with Crippen LogP contribution in [0.5, 0.6) is 0 Å². The highest BCUT2D eigenvalue weighted by Gasteiger charge is 2.23. The number of anilines is 2. The number of nitrogens with one attached hydrogen (secondary N) is 1. The Morgan fingerprint density at radius 2 is 2.05 bits per heavy atom. The summed E-state index contributed by atoms with van der Waals surface area (Å²) in [5.74, 6) is 6.72. The highest BCUT2D eigenvalue weighted by Crippen LogP contribution is 2.16. The van der Waals surface area contributed by atoms with Gasteiger partial charge in [0.05, 0.1) is 0 Å². The quantitative estimate of drug-likeness (QED) is 0.535. The molecule has 0 bridgehead atoms. The predicted octanol–water partition coefficient (Wildman–Crippen LogP) is -1.12. The molecule has 1 saturated heterocycles. The lowest BCUT2D eigenvalue weighted by Gasteiger charge is -2.37. The van der Waals surface area contributed by atoms with Crippen molar-refractivity contribution in [1.29, 1.82) is 0 Å². The Balaban J connectivity index is 1.93. The van der Waals surface area contributed by atoms with Crippen LogP contribution < -0.4 is 16.2 Å². The minimum absolute atomic E-state index is 0.303. The fraction of sp³-hybridized carbons (Fsp3) is 0.545. The van der Waals surface area contributed by atoms with E-state index in [0.29, 0.717) is 23.9 Å². The number of hydrogen-bond donors (Lipinski definition) is 2. The Hall–Kier alpha value is -2.33. The lowest BCUT2D eigenvalue weighted by Crippen LogP contribution is -2.50. The van der Waals surface area contributed by atoms with Gasteiger partial charge in [-0.3, -0.25) is 5.43 Å². The number of aromatic nitrogens is 6. The molecule has 10 heteroatoms. The Bertz CT molecular complexity index is 597. The van der Waals surface area contributed by atoms with Crippen molar-refractivity contribution in [3.8, 4) is 5.95 Å². The van der Waals surface area contributed by atoms with Gasteiger partial charge in [0.1, 0.15) is 12.7 Å². The molecule has 0 spiro atoms. The van der Waals surface area contributed by atoms with Crippen LogP contribution in [0, 0.1) is 0 Å². The van der Waals surface area contributed by atoms with E-state index in [0.717, 1.165) is 19.6 Å². The molecule has 2 aromatic rings. The molecule has 0 radical (unpaired) electrons. The third-order valence-electron chi connectivity index (χ3n) is 3.61. The molecule has 3 heterocycles. The summed E-state index contributed by atoms with van der Waals surface area (Å²) in [5.41, 5.74) is 2.47. The van der Waals surface area contributed by atoms with Crippen molar-refractivity contribution in [2.24, 2.45) is 5.84 Å². The van der Waals surface area contributed by atoms with Crippen LogP contribution in [0.1, 0.15) is 6.92 Å². The average molecular weight is 290 g/mol. The van der Waals surface area contributed by atoms with E-state index in [2.05, 4.69) is 54.2 Å². The first kappa shape index (κ1) is 13.6. The largest absolute Gasteiger partial charge is 0.338 e. The lowest BCUT2D eigenvalue weighted by molar-refractivity contribution is 0.232. The number of hydrogen-bond acceptors (Lipinski definition) is 9. The summed E-state index contributed by atoms with van der Waals surface area (Å²) < 4.78 is 1.48. The molecule has 1 fully saturated rings. The van der Waals surface area contributed by atoms with Crippen molar-refractivity contribution in [2.45, 2.75) is 13.0 Å². The molecule has 0 aliphatic carbocycles. The first-order chi connectivity index (χ1) is 10.2. The molecule has 0 saturated carbocycles. The van der Waals surface area contributed by atoms with E-state index in [1.54, 1.807) is 0 Å². The maximum absolute atomic E-state index is 5.45. The highest BCUT2D eigenvalue weighted by atomic mass is 15.4. The number of hydrazine groups is 1. The Labute approximate surface area is 122 Å². The first-order valence-corrected chi connectivity index (χ1v) is 6.70. The van der Waals surface area contributed by atoms with Crippen LogP contribution in [-0.2, 0) is 0 Å². The highest BCUT2D eigenvalue weighted by molar-refractivity contribution is 5.40. The van der Waals surface area contributed by atoms with Gasteiger partial charge in [-0.15, -0.1) is 0 Å². The topological polar surface area (TPSA) is 114 Å². The van der Waals surface area contributed by atoms with Crippen molar-refractivity contribution in [1.82, 2.24) is 34.6 Å². The fourth-order valence-corrected chi connectivity index (χ4v) is 2.20.